The molecule has 0 saturated heterocycles. The van der Waals surface area contributed by atoms with Gasteiger partial charge in [-0.1, -0.05) is 60.1 Å². The normalized spacial score (nSPS) is 14.8. The van der Waals surface area contributed by atoms with E-state index in [4.69, 9.17) is 16.7 Å². The van der Waals surface area contributed by atoms with Crippen molar-refractivity contribution in [2.45, 2.75) is 11.8 Å². The molecule has 1 atom stereocenters. The molecule has 1 aliphatic heterocycles. The maximum atomic E-state index is 14.0. The molecule has 0 radical (unpaired) electrons. The highest BCUT2D eigenvalue weighted by Gasteiger charge is 2.37. The molecule has 10 heteroatoms. The second kappa shape index (κ2) is 12.2. The summed E-state index contributed by atoms with van der Waals surface area (Å²) < 4.78 is 15.6. The molecule has 1 aliphatic rings. The molecule has 0 spiro atoms. The first kappa shape index (κ1) is 27.7. The van der Waals surface area contributed by atoms with Gasteiger partial charge in [0.05, 0.1) is 34.6 Å². The third kappa shape index (κ3) is 5.79. The fraction of sp³-hybridized carbons (Fsp3) is 0.125. The van der Waals surface area contributed by atoms with E-state index < -0.39 is 5.82 Å². The smallest absolute Gasteiger partial charge is 0.240 e. The first-order chi connectivity index (χ1) is 20.5. The number of benzene rings is 3. The number of rotatable bonds is 7. The van der Waals surface area contributed by atoms with Crippen LogP contribution in [0.3, 0.4) is 0 Å². The molecule has 1 N–H and O–H groups in total. The Balaban J connectivity index is 1.52. The molecule has 6 rings (SSSR count). The Morgan fingerprint density at radius 3 is 2.52 bits per heavy atom. The minimum atomic E-state index is -0.394. The molecule has 0 unspecified atom stereocenters. The number of carbonyl (C=O) groups excluding carboxylic acids is 2. The van der Waals surface area contributed by atoms with E-state index in [9.17, 15) is 14.0 Å². The molecule has 0 aliphatic carbocycles. The van der Waals surface area contributed by atoms with Crippen LogP contribution < -0.4 is 10.2 Å². The van der Waals surface area contributed by atoms with Gasteiger partial charge in [0.15, 0.2) is 0 Å². The summed E-state index contributed by atoms with van der Waals surface area (Å²) in [6.07, 6.45) is 1.66. The van der Waals surface area contributed by atoms with Crippen LogP contribution in [-0.4, -0.2) is 38.9 Å². The van der Waals surface area contributed by atoms with Crippen LogP contribution in [-0.2, 0) is 16.1 Å². The lowest BCUT2D eigenvalue weighted by molar-refractivity contribution is -0.123. The van der Waals surface area contributed by atoms with Gasteiger partial charge < -0.3 is 5.32 Å². The highest BCUT2D eigenvalue weighted by Crippen LogP contribution is 2.48. The number of halogens is 2. The molecular formula is C32H25ClFN5O2S. The monoisotopic (exact) mass is 597 g/mol. The molecule has 5 aromatic rings. The summed E-state index contributed by atoms with van der Waals surface area (Å²) in [5, 5.41) is 8.12. The zero-order valence-corrected chi connectivity index (χ0v) is 23.9. The number of thioether (sulfide) groups is 1. The van der Waals surface area contributed by atoms with Gasteiger partial charge in [0.25, 0.3) is 0 Å². The van der Waals surface area contributed by atoms with E-state index in [2.05, 4.69) is 10.3 Å². The Hall–Kier alpha value is -4.47. The average molecular weight is 598 g/mol. The zero-order valence-electron chi connectivity index (χ0n) is 22.3. The number of amides is 2. The summed E-state index contributed by atoms with van der Waals surface area (Å²) in [6, 6.07) is 28.6. The predicted molar refractivity (Wildman–Crippen MR) is 163 cm³/mol. The summed E-state index contributed by atoms with van der Waals surface area (Å²) in [7, 11) is 0. The quantitative estimate of drug-likeness (QED) is 0.241. The SMILES string of the molecule is O=C(CN1C(=O)CS[C@@H](c2cccc(Cl)c2)c2c(-c3ccccc3)nn(-c3ccc(F)cc3)c21)NCc1ccccn1. The molecule has 210 valence electrons. The van der Waals surface area contributed by atoms with Gasteiger partial charge in [0, 0.05) is 22.3 Å². The molecule has 3 heterocycles. The van der Waals surface area contributed by atoms with Crippen molar-refractivity contribution in [2.24, 2.45) is 0 Å². The van der Waals surface area contributed by atoms with E-state index in [1.807, 2.05) is 60.7 Å². The standard InChI is InChI=1S/C32H25ClFN5O2S/c33-23-10-6-9-22(17-23)31-29-30(21-7-2-1-3-8-21)37-39(26-14-12-24(34)13-15-26)32(29)38(28(41)20-42-31)19-27(40)36-18-25-11-4-5-16-35-25/h1-17,31H,18-20H2,(H,36,40)/t31-/m0/s1. The van der Waals surface area contributed by atoms with Crippen molar-refractivity contribution in [1.29, 1.82) is 0 Å². The first-order valence-electron chi connectivity index (χ1n) is 13.3. The Bertz CT molecular complexity index is 1730. The number of nitrogens with one attached hydrogen (secondary N) is 1. The van der Waals surface area contributed by atoms with E-state index in [1.54, 1.807) is 35.1 Å². The maximum absolute atomic E-state index is 14.0. The fourth-order valence-electron chi connectivity index (χ4n) is 4.91. The lowest BCUT2D eigenvalue weighted by atomic mass is 9.99. The van der Waals surface area contributed by atoms with Crippen LogP contribution in [0.5, 0.6) is 0 Å². The van der Waals surface area contributed by atoms with Crippen LogP contribution in [0, 0.1) is 5.82 Å². The molecule has 2 amide bonds. The Kier molecular flexibility index (Phi) is 8.03. The van der Waals surface area contributed by atoms with Crippen molar-refractivity contribution in [3.8, 4) is 16.9 Å². The van der Waals surface area contributed by atoms with Gasteiger partial charge >= 0.3 is 0 Å². The number of fused-ring (bicyclic) bond motifs is 1. The van der Waals surface area contributed by atoms with Gasteiger partial charge in [-0.15, -0.1) is 11.8 Å². The number of pyridine rings is 1. The molecule has 0 saturated carbocycles. The van der Waals surface area contributed by atoms with Gasteiger partial charge in [-0.3, -0.25) is 19.5 Å². The van der Waals surface area contributed by atoms with Gasteiger partial charge in [-0.25, -0.2) is 9.07 Å². The van der Waals surface area contributed by atoms with Crippen LogP contribution in [0.1, 0.15) is 22.1 Å². The Labute approximate surface area is 251 Å². The zero-order chi connectivity index (χ0) is 29.1. The number of carbonyl (C=O) groups is 2. The van der Waals surface area contributed by atoms with Crippen molar-refractivity contribution in [2.75, 3.05) is 17.2 Å². The van der Waals surface area contributed by atoms with E-state index in [1.165, 1.54) is 28.8 Å². The second-order valence-electron chi connectivity index (χ2n) is 9.66. The van der Waals surface area contributed by atoms with Crippen molar-refractivity contribution in [3.63, 3.8) is 0 Å². The second-order valence-corrected chi connectivity index (χ2v) is 11.2. The van der Waals surface area contributed by atoms with E-state index in [0.717, 1.165) is 16.7 Å². The predicted octanol–water partition coefficient (Wildman–Crippen LogP) is 6.21. The summed E-state index contributed by atoms with van der Waals surface area (Å²) in [4.78, 5) is 32.8. The van der Waals surface area contributed by atoms with Crippen molar-refractivity contribution in [1.82, 2.24) is 20.1 Å². The summed E-state index contributed by atoms with van der Waals surface area (Å²) >= 11 is 7.87. The summed E-state index contributed by atoms with van der Waals surface area (Å²) in [6.45, 7) is -0.0104. The molecule has 7 nitrogen and oxygen atoms in total. The lowest BCUT2D eigenvalue weighted by Crippen LogP contribution is -2.42. The van der Waals surface area contributed by atoms with Crippen LogP contribution in [0.4, 0.5) is 10.2 Å². The maximum Gasteiger partial charge on any atom is 0.240 e. The highest BCUT2D eigenvalue weighted by molar-refractivity contribution is 8.00. The molecule has 42 heavy (non-hydrogen) atoms. The Morgan fingerprint density at radius 1 is 1.00 bits per heavy atom. The van der Waals surface area contributed by atoms with E-state index >= 15 is 0 Å². The average Bonchev–Trinajstić information content (AvgIpc) is 3.33. The van der Waals surface area contributed by atoms with Crippen LogP contribution in [0.2, 0.25) is 5.02 Å². The lowest BCUT2D eigenvalue weighted by Gasteiger charge is -2.23. The van der Waals surface area contributed by atoms with Gasteiger partial charge in [-0.2, -0.15) is 5.10 Å². The largest absolute Gasteiger partial charge is 0.349 e. The van der Waals surface area contributed by atoms with Gasteiger partial charge in [-0.05, 0) is 54.1 Å². The first-order valence-corrected chi connectivity index (χ1v) is 14.7. The van der Waals surface area contributed by atoms with Gasteiger partial charge in [0.1, 0.15) is 18.2 Å². The highest BCUT2D eigenvalue weighted by atomic mass is 35.5. The van der Waals surface area contributed by atoms with Crippen molar-refractivity contribution >= 4 is 41.0 Å². The molecule has 0 bridgehead atoms. The minimum Gasteiger partial charge on any atom is -0.349 e. The summed E-state index contributed by atoms with van der Waals surface area (Å²) in [5.41, 5.74) is 4.42. The van der Waals surface area contributed by atoms with Crippen LogP contribution >= 0.6 is 23.4 Å². The number of aromatic nitrogens is 3. The topological polar surface area (TPSA) is 80.1 Å². The number of hydrogen-bond acceptors (Lipinski definition) is 5. The Morgan fingerprint density at radius 2 is 1.79 bits per heavy atom. The van der Waals surface area contributed by atoms with Gasteiger partial charge in [0.2, 0.25) is 11.8 Å². The van der Waals surface area contributed by atoms with Crippen LogP contribution in [0.25, 0.3) is 16.9 Å². The third-order valence-electron chi connectivity index (χ3n) is 6.85. The molecule has 0 fully saturated rings. The molecule has 2 aromatic heterocycles. The third-order valence-corrected chi connectivity index (χ3v) is 8.34. The molecule has 3 aromatic carbocycles. The number of nitrogens with zero attached hydrogens (tertiary/aromatic N) is 4. The summed E-state index contributed by atoms with van der Waals surface area (Å²) in [5.74, 6) is -0.416. The fourth-order valence-corrected chi connectivity index (χ4v) is 6.30. The molecular weight excluding hydrogens is 573 g/mol. The van der Waals surface area contributed by atoms with E-state index in [-0.39, 0.29) is 35.9 Å². The number of anilines is 1. The van der Waals surface area contributed by atoms with E-state index in [0.29, 0.717) is 27.9 Å². The van der Waals surface area contributed by atoms with Crippen molar-refractivity contribution < 1.29 is 14.0 Å². The van der Waals surface area contributed by atoms with Crippen molar-refractivity contribution in [3.05, 3.63) is 131 Å². The minimum absolute atomic E-state index is 0.122. The number of hydrogen-bond donors (Lipinski definition) is 1. The van der Waals surface area contributed by atoms with Crippen LogP contribution in [0.15, 0.2) is 103 Å².